The maximum Gasteiger partial charge on any atom is 0.243 e. The number of benzene rings is 1. The molecule has 0 heterocycles. The van der Waals surface area contributed by atoms with E-state index in [0.29, 0.717) is 11.4 Å². The lowest BCUT2D eigenvalue weighted by molar-refractivity contribution is 0.138. The van der Waals surface area contributed by atoms with Gasteiger partial charge < -0.3 is 15.6 Å². The Bertz CT molecular complexity index is 555. The van der Waals surface area contributed by atoms with Crippen molar-refractivity contribution >= 4 is 15.7 Å². The minimum atomic E-state index is -3.72. The zero-order valence-electron chi connectivity index (χ0n) is 11.5. The number of hydrogen-bond acceptors (Lipinski definition) is 5. The van der Waals surface area contributed by atoms with Crippen LogP contribution in [0.2, 0.25) is 0 Å². The second-order valence-electron chi connectivity index (χ2n) is 4.85. The zero-order chi connectivity index (χ0) is 14.8. The standard InChI is InChI=1S/C12H20N2O4S/c1-12(2,8-15)14(3)19(16,17)9-5-6-10(13)11(7-9)18-4/h5-7,15H,8,13H2,1-4H3. The van der Waals surface area contributed by atoms with Crippen molar-refractivity contribution in [3.05, 3.63) is 18.2 Å². The molecular weight excluding hydrogens is 268 g/mol. The summed E-state index contributed by atoms with van der Waals surface area (Å²) in [4.78, 5) is 0.0718. The van der Waals surface area contributed by atoms with Gasteiger partial charge in [-0.15, -0.1) is 0 Å². The van der Waals surface area contributed by atoms with E-state index in [1.807, 2.05) is 0 Å². The number of anilines is 1. The molecule has 1 aromatic rings. The second-order valence-corrected chi connectivity index (χ2v) is 6.82. The van der Waals surface area contributed by atoms with Crippen molar-refractivity contribution in [1.82, 2.24) is 4.31 Å². The molecular formula is C12H20N2O4S. The van der Waals surface area contributed by atoms with Crippen LogP contribution in [0.4, 0.5) is 5.69 Å². The Labute approximate surface area is 113 Å². The summed E-state index contributed by atoms with van der Waals surface area (Å²) in [6.07, 6.45) is 0. The van der Waals surface area contributed by atoms with Gasteiger partial charge in [-0.2, -0.15) is 4.31 Å². The van der Waals surface area contributed by atoms with E-state index in [4.69, 9.17) is 10.5 Å². The first kappa shape index (κ1) is 15.7. The van der Waals surface area contributed by atoms with Crippen molar-refractivity contribution in [2.24, 2.45) is 0 Å². The van der Waals surface area contributed by atoms with E-state index in [1.54, 1.807) is 13.8 Å². The molecule has 0 saturated carbocycles. The number of nitrogens with zero attached hydrogens (tertiary/aromatic N) is 1. The van der Waals surface area contributed by atoms with Gasteiger partial charge in [0.2, 0.25) is 10.0 Å². The Morgan fingerprint density at radius 2 is 2.00 bits per heavy atom. The zero-order valence-corrected chi connectivity index (χ0v) is 12.4. The summed E-state index contributed by atoms with van der Waals surface area (Å²) in [5.74, 6) is 0.302. The fourth-order valence-electron chi connectivity index (χ4n) is 1.43. The number of rotatable bonds is 5. The number of methoxy groups -OCH3 is 1. The molecule has 0 aromatic heterocycles. The highest BCUT2D eigenvalue weighted by molar-refractivity contribution is 7.89. The molecule has 0 bridgehead atoms. The topological polar surface area (TPSA) is 92.9 Å². The van der Waals surface area contributed by atoms with Gasteiger partial charge in [0.25, 0.3) is 0 Å². The van der Waals surface area contributed by atoms with Crippen LogP contribution in [-0.2, 0) is 10.0 Å². The smallest absolute Gasteiger partial charge is 0.243 e. The molecule has 108 valence electrons. The summed E-state index contributed by atoms with van der Waals surface area (Å²) >= 11 is 0. The van der Waals surface area contributed by atoms with Crippen LogP contribution in [0.1, 0.15) is 13.8 Å². The lowest BCUT2D eigenvalue weighted by atomic mass is 10.1. The number of hydrogen-bond donors (Lipinski definition) is 2. The average molecular weight is 288 g/mol. The summed E-state index contributed by atoms with van der Waals surface area (Å²) in [5, 5.41) is 9.27. The summed E-state index contributed by atoms with van der Waals surface area (Å²) in [7, 11) is -0.875. The van der Waals surface area contributed by atoms with Crippen LogP contribution in [0.5, 0.6) is 5.75 Å². The Kier molecular flexibility index (Phi) is 4.44. The molecule has 0 amide bonds. The Morgan fingerprint density at radius 1 is 1.42 bits per heavy atom. The van der Waals surface area contributed by atoms with E-state index < -0.39 is 15.6 Å². The largest absolute Gasteiger partial charge is 0.495 e. The Balaban J connectivity index is 3.28. The first-order valence-electron chi connectivity index (χ1n) is 5.70. The Hall–Kier alpha value is -1.31. The van der Waals surface area contributed by atoms with Gasteiger partial charge in [-0.05, 0) is 26.0 Å². The highest BCUT2D eigenvalue weighted by atomic mass is 32.2. The number of aliphatic hydroxyl groups is 1. The third kappa shape index (κ3) is 2.99. The number of nitrogen functional groups attached to an aromatic ring is 1. The number of likely N-dealkylation sites (N-methyl/N-ethyl adjacent to an activating group) is 1. The third-order valence-electron chi connectivity index (χ3n) is 3.10. The molecule has 1 aromatic carbocycles. The van der Waals surface area contributed by atoms with Crippen LogP contribution in [0.25, 0.3) is 0 Å². The van der Waals surface area contributed by atoms with Crippen LogP contribution in [0.15, 0.2) is 23.1 Å². The van der Waals surface area contributed by atoms with E-state index >= 15 is 0 Å². The van der Waals surface area contributed by atoms with Crippen molar-refractivity contribution < 1.29 is 18.3 Å². The molecule has 6 nitrogen and oxygen atoms in total. The summed E-state index contributed by atoms with van der Waals surface area (Å²) in [6, 6.07) is 4.26. The fourth-order valence-corrected chi connectivity index (χ4v) is 2.96. The molecule has 3 N–H and O–H groups in total. The van der Waals surface area contributed by atoms with Gasteiger partial charge in [-0.3, -0.25) is 0 Å². The van der Waals surface area contributed by atoms with Crippen molar-refractivity contribution in [3.63, 3.8) is 0 Å². The molecule has 0 spiro atoms. The molecule has 19 heavy (non-hydrogen) atoms. The quantitative estimate of drug-likeness (QED) is 0.777. The molecule has 0 fully saturated rings. The molecule has 0 aliphatic heterocycles. The third-order valence-corrected chi connectivity index (χ3v) is 5.17. The lowest BCUT2D eigenvalue weighted by Gasteiger charge is -2.32. The number of aliphatic hydroxyl groups excluding tert-OH is 1. The van der Waals surface area contributed by atoms with E-state index in [1.165, 1.54) is 32.4 Å². The van der Waals surface area contributed by atoms with Gasteiger partial charge in [0, 0.05) is 13.1 Å². The predicted molar refractivity (Wildman–Crippen MR) is 73.5 cm³/mol. The van der Waals surface area contributed by atoms with Gasteiger partial charge in [0.05, 0.1) is 29.8 Å². The SMILES string of the molecule is COc1cc(S(=O)(=O)N(C)C(C)(C)CO)ccc1N. The maximum absolute atomic E-state index is 12.4. The molecule has 0 aliphatic carbocycles. The molecule has 0 saturated heterocycles. The monoisotopic (exact) mass is 288 g/mol. The molecule has 7 heteroatoms. The first-order valence-corrected chi connectivity index (χ1v) is 7.14. The lowest BCUT2D eigenvalue weighted by Crippen LogP contribution is -2.47. The van der Waals surface area contributed by atoms with Gasteiger partial charge >= 0.3 is 0 Å². The highest BCUT2D eigenvalue weighted by Crippen LogP contribution is 2.28. The van der Waals surface area contributed by atoms with Crippen molar-refractivity contribution in [2.75, 3.05) is 26.5 Å². The highest BCUT2D eigenvalue weighted by Gasteiger charge is 2.33. The van der Waals surface area contributed by atoms with Crippen molar-refractivity contribution in [1.29, 1.82) is 0 Å². The fraction of sp³-hybridized carbons (Fsp3) is 0.500. The van der Waals surface area contributed by atoms with Gasteiger partial charge in [0.15, 0.2) is 0 Å². The van der Waals surface area contributed by atoms with Crippen LogP contribution in [0.3, 0.4) is 0 Å². The van der Waals surface area contributed by atoms with Crippen LogP contribution in [0, 0.1) is 0 Å². The van der Waals surface area contributed by atoms with E-state index in [9.17, 15) is 13.5 Å². The molecule has 0 atom stereocenters. The van der Waals surface area contributed by atoms with Gasteiger partial charge in [-0.1, -0.05) is 0 Å². The van der Waals surface area contributed by atoms with Crippen molar-refractivity contribution in [2.45, 2.75) is 24.3 Å². The normalized spacial score (nSPS) is 12.7. The number of ether oxygens (including phenoxy) is 1. The average Bonchev–Trinajstić information content (AvgIpc) is 2.38. The summed E-state index contributed by atoms with van der Waals surface area (Å²) in [6.45, 7) is 2.99. The van der Waals surface area contributed by atoms with Crippen LogP contribution < -0.4 is 10.5 Å². The van der Waals surface area contributed by atoms with Crippen LogP contribution in [-0.4, -0.2) is 44.1 Å². The van der Waals surface area contributed by atoms with Crippen molar-refractivity contribution in [3.8, 4) is 5.75 Å². The van der Waals surface area contributed by atoms with E-state index in [-0.39, 0.29) is 11.5 Å². The minimum Gasteiger partial charge on any atom is -0.495 e. The van der Waals surface area contributed by atoms with Gasteiger partial charge in [-0.25, -0.2) is 8.42 Å². The Morgan fingerprint density at radius 3 is 2.47 bits per heavy atom. The molecule has 0 radical (unpaired) electrons. The van der Waals surface area contributed by atoms with E-state index in [0.717, 1.165) is 4.31 Å². The molecule has 0 aliphatic rings. The van der Waals surface area contributed by atoms with Gasteiger partial charge in [0.1, 0.15) is 5.75 Å². The van der Waals surface area contributed by atoms with Crippen LogP contribution >= 0.6 is 0 Å². The predicted octanol–water partition coefficient (Wildman–Crippen LogP) is 0.669. The minimum absolute atomic E-state index is 0.0718. The first-order chi connectivity index (χ1) is 8.66. The maximum atomic E-state index is 12.4. The second kappa shape index (κ2) is 5.36. The number of nitrogens with two attached hydrogens (primary N) is 1. The number of sulfonamides is 1. The molecule has 1 rings (SSSR count). The summed E-state index contributed by atoms with van der Waals surface area (Å²) < 4.78 is 31.0. The van der Waals surface area contributed by atoms with E-state index in [2.05, 4.69) is 0 Å². The molecule has 0 unspecified atom stereocenters. The summed E-state index contributed by atoms with van der Waals surface area (Å²) in [5.41, 5.74) is 5.13.